The van der Waals surface area contributed by atoms with Crippen LogP contribution in [0.2, 0.25) is 0 Å². The first kappa shape index (κ1) is 15.9. The van der Waals surface area contributed by atoms with E-state index in [1.54, 1.807) is 0 Å². The molecule has 6 fully saturated rings. The summed E-state index contributed by atoms with van der Waals surface area (Å²) in [5.74, 6) is 4.22. The number of hydrogen-bond donors (Lipinski definition) is 0. The Kier molecular flexibility index (Phi) is 3.19. The van der Waals surface area contributed by atoms with Crippen molar-refractivity contribution in [2.45, 2.75) is 108 Å². The van der Waals surface area contributed by atoms with Gasteiger partial charge in [0.15, 0.2) is 0 Å². The van der Waals surface area contributed by atoms with Crippen molar-refractivity contribution in [1.82, 2.24) is 0 Å². The van der Waals surface area contributed by atoms with E-state index in [-0.39, 0.29) is 11.2 Å². The minimum Gasteiger partial charge on any atom is -0.369 e. The highest BCUT2D eigenvalue weighted by Gasteiger charge is 2.61. The normalized spacial score (nSPS) is 63.0. The molecule has 3 aliphatic heterocycles. The molecular weight excluding hydrogens is 312 g/mol. The summed E-state index contributed by atoms with van der Waals surface area (Å²) in [5.41, 5.74) is 0.439. The number of rotatable bonds is 3. The minimum atomic E-state index is 0.219. The Morgan fingerprint density at radius 1 is 0.800 bits per heavy atom. The fraction of sp³-hybridized carbons (Fsp3) is 1.00. The maximum Gasteiger partial charge on any atom is 0.0923 e. The van der Waals surface area contributed by atoms with Gasteiger partial charge in [-0.1, -0.05) is 6.92 Å². The van der Waals surface area contributed by atoms with Crippen LogP contribution in [-0.2, 0) is 14.2 Å². The molecule has 0 aromatic carbocycles. The highest BCUT2D eigenvalue weighted by Crippen LogP contribution is 2.60. The maximum absolute atomic E-state index is 6.07. The van der Waals surface area contributed by atoms with Crippen molar-refractivity contribution in [3.63, 3.8) is 0 Å². The van der Waals surface area contributed by atoms with Gasteiger partial charge in [-0.15, -0.1) is 0 Å². The van der Waals surface area contributed by atoms with E-state index in [9.17, 15) is 0 Å². The molecule has 0 radical (unpaired) electrons. The molecule has 10 unspecified atom stereocenters. The van der Waals surface area contributed by atoms with E-state index in [0.29, 0.717) is 24.4 Å². The van der Waals surface area contributed by atoms with Crippen molar-refractivity contribution in [2.75, 3.05) is 0 Å². The van der Waals surface area contributed by atoms with E-state index in [4.69, 9.17) is 14.2 Å². The topological polar surface area (TPSA) is 37.6 Å². The van der Waals surface area contributed by atoms with E-state index in [0.717, 1.165) is 29.6 Å². The lowest BCUT2D eigenvalue weighted by molar-refractivity contribution is 0.0539. The predicted octanol–water partition coefficient (Wildman–Crippen LogP) is 4.33. The molecule has 0 aromatic rings. The van der Waals surface area contributed by atoms with Gasteiger partial charge in [-0.3, -0.25) is 0 Å². The van der Waals surface area contributed by atoms with Crippen LogP contribution in [0.4, 0.5) is 0 Å². The van der Waals surface area contributed by atoms with Crippen LogP contribution in [0.1, 0.15) is 72.1 Å². The predicted molar refractivity (Wildman–Crippen MR) is 95.3 cm³/mol. The molecule has 3 heterocycles. The number of fused-ring (bicyclic) bond motifs is 3. The number of hydrogen-bond acceptors (Lipinski definition) is 3. The highest BCUT2D eigenvalue weighted by atomic mass is 16.6. The van der Waals surface area contributed by atoms with Gasteiger partial charge in [0.2, 0.25) is 0 Å². The summed E-state index contributed by atoms with van der Waals surface area (Å²) in [4.78, 5) is 0. The van der Waals surface area contributed by atoms with Crippen molar-refractivity contribution < 1.29 is 14.2 Å². The third kappa shape index (κ3) is 2.48. The molecular formula is C22H34O3. The van der Waals surface area contributed by atoms with Crippen LogP contribution in [0.3, 0.4) is 0 Å². The molecule has 3 aliphatic carbocycles. The average Bonchev–Trinajstić information content (AvgIpc) is 3.42. The first-order valence-electron chi connectivity index (χ1n) is 11.0. The zero-order chi connectivity index (χ0) is 17.0. The van der Waals surface area contributed by atoms with Crippen LogP contribution < -0.4 is 0 Å². The molecule has 140 valence electrons. The quantitative estimate of drug-likeness (QED) is 0.714. The van der Waals surface area contributed by atoms with E-state index < -0.39 is 0 Å². The summed E-state index contributed by atoms with van der Waals surface area (Å²) < 4.78 is 18.1. The molecule has 0 bridgehead atoms. The molecule has 10 atom stereocenters. The second-order valence-electron chi connectivity index (χ2n) is 10.8. The second-order valence-corrected chi connectivity index (χ2v) is 10.8. The monoisotopic (exact) mass is 346 g/mol. The largest absolute Gasteiger partial charge is 0.369 e. The van der Waals surface area contributed by atoms with Crippen molar-refractivity contribution in [3.05, 3.63) is 0 Å². The third-order valence-electron chi connectivity index (χ3n) is 9.03. The van der Waals surface area contributed by atoms with Gasteiger partial charge < -0.3 is 14.2 Å². The highest BCUT2D eigenvalue weighted by molar-refractivity contribution is 5.10. The summed E-state index contributed by atoms with van der Waals surface area (Å²) in [5, 5.41) is 0. The van der Waals surface area contributed by atoms with Gasteiger partial charge >= 0.3 is 0 Å². The lowest BCUT2D eigenvalue weighted by Crippen LogP contribution is -2.41. The average molecular weight is 347 g/mol. The standard InChI is InChI=1S/C22H34O3/c1-12-8-15(9-16-20(12)23-16)19(13-4-6-17-21(2,10-13)24-17)14-5-7-18-22(3,11-14)25-18/h12-20H,4-11H2,1-3H3. The van der Waals surface area contributed by atoms with Gasteiger partial charge in [-0.25, -0.2) is 0 Å². The molecule has 3 heteroatoms. The van der Waals surface area contributed by atoms with Crippen LogP contribution >= 0.6 is 0 Å². The van der Waals surface area contributed by atoms with E-state index in [2.05, 4.69) is 20.8 Å². The summed E-state index contributed by atoms with van der Waals surface area (Å²) >= 11 is 0. The van der Waals surface area contributed by atoms with Crippen molar-refractivity contribution in [3.8, 4) is 0 Å². The van der Waals surface area contributed by atoms with Crippen LogP contribution in [0.25, 0.3) is 0 Å². The molecule has 25 heavy (non-hydrogen) atoms. The molecule has 0 aromatic heterocycles. The van der Waals surface area contributed by atoms with Gasteiger partial charge in [0.1, 0.15) is 0 Å². The van der Waals surface area contributed by atoms with Crippen molar-refractivity contribution in [1.29, 1.82) is 0 Å². The smallest absolute Gasteiger partial charge is 0.0923 e. The molecule has 6 rings (SSSR count). The molecule has 3 saturated carbocycles. The summed E-state index contributed by atoms with van der Waals surface area (Å²) in [6.07, 6.45) is 13.0. The molecule has 3 nitrogen and oxygen atoms in total. The first-order valence-corrected chi connectivity index (χ1v) is 11.0. The second kappa shape index (κ2) is 5.02. The van der Waals surface area contributed by atoms with Crippen molar-refractivity contribution in [2.24, 2.45) is 29.6 Å². The summed E-state index contributed by atoms with van der Waals surface area (Å²) in [7, 11) is 0. The SMILES string of the molecule is CC1CC(C(C2CCC3OC3(C)C2)C2CCC3OC3(C)C2)CC2OC12. The third-order valence-corrected chi connectivity index (χ3v) is 9.03. The molecule has 6 aliphatic rings. The Morgan fingerprint density at radius 3 is 1.92 bits per heavy atom. The molecule has 3 saturated heterocycles. The van der Waals surface area contributed by atoms with Crippen molar-refractivity contribution >= 4 is 0 Å². The van der Waals surface area contributed by atoms with Crippen LogP contribution in [-0.4, -0.2) is 35.6 Å². The van der Waals surface area contributed by atoms with E-state index in [1.807, 2.05) is 0 Å². The Bertz CT molecular complexity index is 541. The lowest BCUT2D eigenvalue weighted by Gasteiger charge is -2.44. The van der Waals surface area contributed by atoms with Gasteiger partial charge in [-0.2, -0.15) is 0 Å². The Hall–Kier alpha value is -0.120. The minimum absolute atomic E-state index is 0.219. The van der Waals surface area contributed by atoms with E-state index >= 15 is 0 Å². The molecule has 0 N–H and O–H groups in total. The van der Waals surface area contributed by atoms with Gasteiger partial charge in [0.25, 0.3) is 0 Å². The zero-order valence-electron chi connectivity index (χ0n) is 16.1. The lowest BCUT2D eigenvalue weighted by atomic mass is 9.59. The van der Waals surface area contributed by atoms with E-state index in [1.165, 1.54) is 51.4 Å². The van der Waals surface area contributed by atoms with Crippen LogP contribution in [0.15, 0.2) is 0 Å². The van der Waals surface area contributed by atoms with Gasteiger partial charge in [-0.05, 0) is 94.8 Å². The van der Waals surface area contributed by atoms with Crippen LogP contribution in [0.5, 0.6) is 0 Å². The van der Waals surface area contributed by atoms with Gasteiger partial charge in [0.05, 0.1) is 35.6 Å². The number of epoxide rings is 3. The Balaban J connectivity index is 1.26. The first-order chi connectivity index (χ1) is 12.0. The Morgan fingerprint density at radius 2 is 1.40 bits per heavy atom. The zero-order valence-corrected chi connectivity index (χ0v) is 16.1. The fourth-order valence-corrected chi connectivity index (χ4v) is 7.62. The molecule has 0 spiro atoms. The fourth-order valence-electron chi connectivity index (χ4n) is 7.62. The van der Waals surface area contributed by atoms with Gasteiger partial charge in [0, 0.05) is 0 Å². The number of ether oxygens (including phenoxy) is 3. The molecule has 0 amide bonds. The van der Waals surface area contributed by atoms with Crippen LogP contribution in [0, 0.1) is 29.6 Å². The summed E-state index contributed by atoms with van der Waals surface area (Å²) in [6, 6.07) is 0. The maximum atomic E-state index is 6.07. The summed E-state index contributed by atoms with van der Waals surface area (Å²) in [6.45, 7) is 7.16. The Labute approximate surface area is 152 Å².